The average Bonchev–Trinajstić information content (AvgIpc) is 2.41. The Morgan fingerprint density at radius 1 is 1.11 bits per heavy atom. The summed E-state index contributed by atoms with van der Waals surface area (Å²) in [5.41, 5.74) is 5.27. The fraction of sp³-hybridized carbons (Fsp3) is 0.400. The molecule has 1 aromatic heterocycles. The van der Waals surface area contributed by atoms with E-state index in [1.54, 1.807) is 6.20 Å². The molecular weight excluding hydrogens is 224 g/mol. The lowest BCUT2D eigenvalue weighted by molar-refractivity contribution is 0.460. The highest BCUT2D eigenvalue weighted by atomic mass is 16.3. The van der Waals surface area contributed by atoms with Crippen molar-refractivity contribution < 1.29 is 5.11 Å². The maximum Gasteiger partial charge on any atom is 0.218 e. The fourth-order valence-corrected chi connectivity index (χ4v) is 1.67. The van der Waals surface area contributed by atoms with Crippen LogP contribution in [0.4, 0.5) is 0 Å². The Balaban J connectivity index is 0.000000203. The van der Waals surface area contributed by atoms with Crippen LogP contribution in [0, 0.1) is 0 Å². The van der Waals surface area contributed by atoms with Gasteiger partial charge in [0, 0.05) is 11.6 Å². The molecule has 0 unspecified atom stereocenters. The van der Waals surface area contributed by atoms with E-state index in [0.717, 1.165) is 17.3 Å². The van der Waals surface area contributed by atoms with Gasteiger partial charge in [0.05, 0.1) is 0 Å². The maximum absolute atomic E-state index is 9.26. The molecule has 2 aromatic rings. The zero-order valence-corrected chi connectivity index (χ0v) is 11.0. The first kappa shape index (κ1) is 14.5. The van der Waals surface area contributed by atoms with Gasteiger partial charge in [-0.3, -0.25) is 0 Å². The molecule has 0 aliphatic heterocycles. The zero-order chi connectivity index (χ0) is 13.2. The molecule has 2 rings (SSSR count). The van der Waals surface area contributed by atoms with Gasteiger partial charge in [0.25, 0.3) is 0 Å². The zero-order valence-electron chi connectivity index (χ0n) is 11.0. The van der Waals surface area contributed by atoms with Crippen LogP contribution >= 0.6 is 0 Å². The van der Waals surface area contributed by atoms with Gasteiger partial charge in [0.15, 0.2) is 0 Å². The van der Waals surface area contributed by atoms with Crippen molar-refractivity contribution in [2.45, 2.75) is 32.6 Å². The third-order valence-corrected chi connectivity index (χ3v) is 2.71. The van der Waals surface area contributed by atoms with Crippen molar-refractivity contribution in [1.29, 1.82) is 0 Å². The van der Waals surface area contributed by atoms with Gasteiger partial charge in [-0.25, -0.2) is 4.98 Å². The second-order valence-corrected chi connectivity index (χ2v) is 4.21. The lowest BCUT2D eigenvalue weighted by atomic mass is 10.2. The van der Waals surface area contributed by atoms with Gasteiger partial charge >= 0.3 is 0 Å². The quantitative estimate of drug-likeness (QED) is 0.812. The first-order valence-electron chi connectivity index (χ1n) is 6.52. The summed E-state index contributed by atoms with van der Waals surface area (Å²) in [5.74, 6) is 0.100. The number of aromatic hydroxyl groups is 1. The number of nitrogens with two attached hydrogens (primary N) is 1. The third kappa shape index (κ3) is 4.72. The summed E-state index contributed by atoms with van der Waals surface area (Å²) in [6.45, 7) is 3.07. The molecule has 0 aliphatic rings. The van der Waals surface area contributed by atoms with Crippen LogP contribution in [0.25, 0.3) is 10.8 Å². The highest BCUT2D eigenvalue weighted by molar-refractivity contribution is 5.86. The topological polar surface area (TPSA) is 59.1 Å². The van der Waals surface area contributed by atoms with Crippen LogP contribution in [0.3, 0.4) is 0 Å². The van der Waals surface area contributed by atoms with Gasteiger partial charge in [-0.15, -0.1) is 0 Å². The molecule has 0 aliphatic carbocycles. The van der Waals surface area contributed by atoms with E-state index in [9.17, 15) is 5.11 Å². The van der Waals surface area contributed by atoms with Gasteiger partial charge in [-0.05, 0) is 30.5 Å². The summed E-state index contributed by atoms with van der Waals surface area (Å²) >= 11 is 0. The van der Waals surface area contributed by atoms with E-state index in [1.807, 2.05) is 30.3 Å². The number of hydrogen-bond acceptors (Lipinski definition) is 3. The summed E-state index contributed by atoms with van der Waals surface area (Å²) in [6, 6.07) is 9.47. The molecule has 0 atom stereocenters. The van der Waals surface area contributed by atoms with E-state index in [4.69, 9.17) is 5.73 Å². The van der Waals surface area contributed by atoms with E-state index in [2.05, 4.69) is 11.9 Å². The number of unbranched alkanes of at least 4 members (excludes halogenated alkanes) is 3. The Morgan fingerprint density at radius 2 is 1.89 bits per heavy atom. The number of nitrogens with zero attached hydrogens (tertiary/aromatic N) is 1. The van der Waals surface area contributed by atoms with Crippen molar-refractivity contribution in [3.8, 4) is 5.88 Å². The third-order valence-electron chi connectivity index (χ3n) is 2.71. The Hall–Kier alpha value is -1.61. The number of hydrogen-bond donors (Lipinski definition) is 2. The molecule has 3 N–H and O–H groups in total. The van der Waals surface area contributed by atoms with Gasteiger partial charge in [0.1, 0.15) is 0 Å². The molecular formula is C15H22N2O. The predicted octanol–water partition coefficient (Wildman–Crippen LogP) is 3.47. The molecule has 0 fully saturated rings. The number of rotatable bonds is 4. The number of aromatic nitrogens is 1. The molecule has 0 bridgehead atoms. The number of fused-ring (bicyclic) bond motifs is 1. The molecule has 1 heterocycles. The lowest BCUT2D eigenvalue weighted by Crippen LogP contribution is -1.97. The maximum atomic E-state index is 9.26. The van der Waals surface area contributed by atoms with Gasteiger partial charge < -0.3 is 10.8 Å². The van der Waals surface area contributed by atoms with Crippen molar-refractivity contribution in [1.82, 2.24) is 4.98 Å². The van der Waals surface area contributed by atoms with Crippen LogP contribution < -0.4 is 5.73 Å². The molecule has 0 amide bonds. The minimum Gasteiger partial charge on any atom is -0.493 e. The molecule has 98 valence electrons. The SMILES string of the molecule is CCCCCCN.Oc1nccc2ccccc12. The van der Waals surface area contributed by atoms with Crippen molar-refractivity contribution in [3.05, 3.63) is 36.5 Å². The smallest absolute Gasteiger partial charge is 0.218 e. The highest BCUT2D eigenvalue weighted by Gasteiger charge is 1.96. The average molecular weight is 246 g/mol. The predicted molar refractivity (Wildman–Crippen MR) is 76.6 cm³/mol. The van der Waals surface area contributed by atoms with E-state index in [1.165, 1.54) is 25.7 Å². The number of pyridine rings is 1. The molecule has 0 spiro atoms. The summed E-state index contributed by atoms with van der Waals surface area (Å²) in [4.78, 5) is 3.76. The molecule has 18 heavy (non-hydrogen) atoms. The minimum absolute atomic E-state index is 0.100. The first-order chi connectivity index (χ1) is 8.79. The summed E-state index contributed by atoms with van der Waals surface area (Å²) in [7, 11) is 0. The highest BCUT2D eigenvalue weighted by Crippen LogP contribution is 2.20. The van der Waals surface area contributed by atoms with Crippen molar-refractivity contribution in [2.24, 2.45) is 5.73 Å². The summed E-state index contributed by atoms with van der Waals surface area (Å²) in [5, 5.41) is 11.1. The monoisotopic (exact) mass is 246 g/mol. The van der Waals surface area contributed by atoms with Crippen molar-refractivity contribution in [3.63, 3.8) is 0 Å². The van der Waals surface area contributed by atoms with Crippen molar-refractivity contribution >= 4 is 10.8 Å². The fourth-order valence-electron chi connectivity index (χ4n) is 1.67. The van der Waals surface area contributed by atoms with Gasteiger partial charge in [-0.1, -0.05) is 44.4 Å². The Morgan fingerprint density at radius 3 is 2.56 bits per heavy atom. The number of benzene rings is 1. The van der Waals surface area contributed by atoms with Crippen LogP contribution in [0.2, 0.25) is 0 Å². The van der Waals surface area contributed by atoms with E-state index in [-0.39, 0.29) is 5.88 Å². The molecule has 0 saturated carbocycles. The summed E-state index contributed by atoms with van der Waals surface area (Å²) < 4.78 is 0. The van der Waals surface area contributed by atoms with Gasteiger partial charge in [-0.2, -0.15) is 0 Å². The van der Waals surface area contributed by atoms with E-state index < -0.39 is 0 Å². The second-order valence-electron chi connectivity index (χ2n) is 4.21. The Bertz CT molecular complexity index is 448. The molecule has 1 aromatic carbocycles. The van der Waals surface area contributed by atoms with Crippen molar-refractivity contribution in [2.75, 3.05) is 6.54 Å². The Kier molecular flexibility index (Phi) is 6.81. The van der Waals surface area contributed by atoms with Crippen LogP contribution in [-0.2, 0) is 0 Å². The van der Waals surface area contributed by atoms with Crippen LogP contribution in [0.15, 0.2) is 36.5 Å². The van der Waals surface area contributed by atoms with Crippen LogP contribution in [0.5, 0.6) is 5.88 Å². The van der Waals surface area contributed by atoms with Gasteiger partial charge in [0.2, 0.25) is 5.88 Å². The largest absolute Gasteiger partial charge is 0.493 e. The lowest BCUT2D eigenvalue weighted by Gasteiger charge is -1.96. The standard InChI is InChI=1S/C9H7NO.C6H15N/c11-9-8-4-2-1-3-7(8)5-6-10-9;1-2-3-4-5-6-7/h1-6H,(H,10,11);2-7H2,1H3. The first-order valence-corrected chi connectivity index (χ1v) is 6.52. The van der Waals surface area contributed by atoms with E-state index >= 15 is 0 Å². The molecule has 0 radical (unpaired) electrons. The second kappa shape index (κ2) is 8.48. The van der Waals surface area contributed by atoms with E-state index in [0.29, 0.717) is 0 Å². The molecule has 0 saturated heterocycles. The molecule has 3 heteroatoms. The molecule has 3 nitrogen and oxygen atoms in total. The minimum atomic E-state index is 0.100. The van der Waals surface area contributed by atoms with Crippen LogP contribution in [0.1, 0.15) is 32.6 Å². The normalized spacial score (nSPS) is 9.89. The Labute approximate surface area is 109 Å². The van der Waals surface area contributed by atoms with Crippen LogP contribution in [-0.4, -0.2) is 16.6 Å². The summed E-state index contributed by atoms with van der Waals surface area (Å²) in [6.07, 6.45) is 6.76.